The molecule has 1 aliphatic rings. The minimum absolute atomic E-state index is 0.0641. The average Bonchev–Trinajstić information content (AvgIpc) is 2.79. The van der Waals surface area contributed by atoms with E-state index >= 15 is 0 Å². The molecule has 3 amide bonds. The summed E-state index contributed by atoms with van der Waals surface area (Å²) in [5, 5.41) is 11.7. The normalized spacial score (nSPS) is 13.8. The van der Waals surface area contributed by atoms with E-state index in [1.54, 1.807) is 43.3 Å². The van der Waals surface area contributed by atoms with Crippen LogP contribution in [0.5, 0.6) is 0 Å². The number of anilines is 3. The highest BCUT2D eigenvalue weighted by Crippen LogP contribution is 2.18. The van der Waals surface area contributed by atoms with Crippen molar-refractivity contribution in [3.63, 3.8) is 0 Å². The fourth-order valence-corrected chi connectivity index (χ4v) is 3.56. The zero-order chi connectivity index (χ0) is 22.1. The molecule has 1 aliphatic carbocycles. The molecule has 7 nitrogen and oxygen atoms in total. The Morgan fingerprint density at radius 2 is 1.52 bits per heavy atom. The summed E-state index contributed by atoms with van der Waals surface area (Å²) >= 11 is 0. The van der Waals surface area contributed by atoms with Crippen molar-refractivity contribution >= 4 is 34.8 Å². The lowest BCUT2D eigenvalue weighted by Gasteiger charge is -2.22. The van der Waals surface area contributed by atoms with Gasteiger partial charge >= 0.3 is 0 Å². The summed E-state index contributed by atoms with van der Waals surface area (Å²) in [4.78, 5) is 36.1. The average molecular weight is 423 g/mol. The van der Waals surface area contributed by atoms with E-state index in [0.29, 0.717) is 23.4 Å². The Morgan fingerprint density at radius 1 is 0.839 bits per heavy atom. The summed E-state index contributed by atoms with van der Waals surface area (Å²) in [6, 6.07) is 14.4. The van der Waals surface area contributed by atoms with E-state index in [4.69, 9.17) is 0 Å². The highest BCUT2D eigenvalue weighted by atomic mass is 16.2. The van der Waals surface area contributed by atoms with Gasteiger partial charge in [-0.15, -0.1) is 0 Å². The second-order valence-electron chi connectivity index (χ2n) is 7.77. The second kappa shape index (κ2) is 11.2. The molecule has 3 rings (SSSR count). The lowest BCUT2D eigenvalue weighted by Crippen LogP contribution is -2.36. The molecule has 0 heterocycles. The number of benzene rings is 2. The molecule has 4 N–H and O–H groups in total. The standard InChI is InChI=1S/C24H30N4O3/c1-2-22(29)27-21-10-6-9-20(15-21)25-16-23(30)26-19-13-11-17(12-14-19)24(31)28-18-7-4-3-5-8-18/h6,9-15,18,25H,2-5,7-8,16H2,1H3,(H,26,30)(H,27,29)(H,28,31). The maximum atomic E-state index is 12.4. The van der Waals surface area contributed by atoms with Gasteiger partial charge in [-0.05, 0) is 55.3 Å². The van der Waals surface area contributed by atoms with Crippen molar-refractivity contribution in [3.05, 3.63) is 54.1 Å². The van der Waals surface area contributed by atoms with Gasteiger partial charge in [-0.25, -0.2) is 0 Å². The molecular formula is C24H30N4O3. The van der Waals surface area contributed by atoms with Crippen molar-refractivity contribution in [1.29, 1.82) is 0 Å². The van der Waals surface area contributed by atoms with Gasteiger partial charge in [0.15, 0.2) is 0 Å². The first kappa shape index (κ1) is 22.3. The first-order valence-corrected chi connectivity index (χ1v) is 10.9. The summed E-state index contributed by atoms with van der Waals surface area (Å²) in [6.45, 7) is 1.87. The quantitative estimate of drug-likeness (QED) is 0.514. The summed E-state index contributed by atoms with van der Waals surface area (Å²) in [5.74, 6) is -0.338. The van der Waals surface area contributed by atoms with Crippen molar-refractivity contribution in [3.8, 4) is 0 Å². The first-order chi connectivity index (χ1) is 15.0. The van der Waals surface area contributed by atoms with Crippen LogP contribution in [-0.4, -0.2) is 30.3 Å². The Bertz CT molecular complexity index is 905. The molecule has 2 aromatic carbocycles. The molecule has 7 heteroatoms. The zero-order valence-corrected chi connectivity index (χ0v) is 17.9. The minimum Gasteiger partial charge on any atom is -0.376 e. The van der Waals surface area contributed by atoms with Crippen LogP contribution in [0, 0.1) is 0 Å². The summed E-state index contributed by atoms with van der Waals surface area (Å²) in [6.07, 6.45) is 6.07. The van der Waals surface area contributed by atoms with Crippen molar-refractivity contribution in [2.45, 2.75) is 51.5 Å². The third-order valence-corrected chi connectivity index (χ3v) is 5.29. The predicted octanol–water partition coefficient (Wildman–Crippen LogP) is 4.15. The molecule has 31 heavy (non-hydrogen) atoms. The van der Waals surface area contributed by atoms with Gasteiger partial charge in [-0.1, -0.05) is 32.3 Å². The lowest BCUT2D eigenvalue weighted by molar-refractivity contribution is -0.116. The molecule has 0 saturated heterocycles. The minimum atomic E-state index is -0.206. The highest BCUT2D eigenvalue weighted by Gasteiger charge is 2.16. The van der Waals surface area contributed by atoms with Crippen LogP contribution in [0.2, 0.25) is 0 Å². The van der Waals surface area contributed by atoms with E-state index in [0.717, 1.165) is 18.5 Å². The lowest BCUT2D eigenvalue weighted by atomic mass is 9.95. The molecular weight excluding hydrogens is 392 g/mol. The van der Waals surface area contributed by atoms with Crippen LogP contribution in [0.25, 0.3) is 0 Å². The topological polar surface area (TPSA) is 99.3 Å². The number of nitrogens with one attached hydrogen (secondary N) is 4. The number of hydrogen-bond acceptors (Lipinski definition) is 4. The van der Waals surface area contributed by atoms with Gasteiger partial charge < -0.3 is 21.3 Å². The smallest absolute Gasteiger partial charge is 0.251 e. The van der Waals surface area contributed by atoms with Crippen LogP contribution >= 0.6 is 0 Å². The molecule has 0 bridgehead atoms. The molecule has 0 atom stereocenters. The predicted molar refractivity (Wildman–Crippen MR) is 123 cm³/mol. The van der Waals surface area contributed by atoms with Crippen LogP contribution in [0.15, 0.2) is 48.5 Å². The number of hydrogen-bond donors (Lipinski definition) is 4. The summed E-state index contributed by atoms with van der Waals surface area (Å²) in [7, 11) is 0. The number of amides is 3. The van der Waals surface area contributed by atoms with Crippen LogP contribution in [0.1, 0.15) is 55.8 Å². The Kier molecular flexibility index (Phi) is 8.04. The Balaban J connectivity index is 1.46. The third-order valence-electron chi connectivity index (χ3n) is 5.29. The third kappa shape index (κ3) is 7.13. The van der Waals surface area contributed by atoms with Crippen LogP contribution < -0.4 is 21.3 Å². The monoisotopic (exact) mass is 422 g/mol. The Labute approximate surface area is 183 Å². The van der Waals surface area contributed by atoms with Gasteiger partial charge in [0.25, 0.3) is 5.91 Å². The highest BCUT2D eigenvalue weighted by molar-refractivity contribution is 5.97. The molecule has 1 saturated carbocycles. The van der Waals surface area contributed by atoms with Gasteiger partial charge in [-0.3, -0.25) is 14.4 Å². The summed E-state index contributed by atoms with van der Waals surface area (Å²) < 4.78 is 0. The largest absolute Gasteiger partial charge is 0.376 e. The van der Waals surface area contributed by atoms with Gasteiger partial charge in [-0.2, -0.15) is 0 Å². The van der Waals surface area contributed by atoms with E-state index in [9.17, 15) is 14.4 Å². The SMILES string of the molecule is CCC(=O)Nc1cccc(NCC(=O)Nc2ccc(C(=O)NC3CCCCC3)cc2)c1. The summed E-state index contributed by atoms with van der Waals surface area (Å²) in [5.41, 5.74) is 2.63. The fraction of sp³-hybridized carbons (Fsp3) is 0.375. The van der Waals surface area contributed by atoms with Gasteiger partial charge in [0.2, 0.25) is 11.8 Å². The van der Waals surface area contributed by atoms with Gasteiger partial charge in [0, 0.05) is 35.1 Å². The Morgan fingerprint density at radius 3 is 2.23 bits per heavy atom. The maximum Gasteiger partial charge on any atom is 0.251 e. The zero-order valence-electron chi connectivity index (χ0n) is 17.9. The molecule has 0 spiro atoms. The van der Waals surface area contributed by atoms with E-state index in [-0.39, 0.29) is 30.3 Å². The van der Waals surface area contributed by atoms with E-state index in [2.05, 4.69) is 21.3 Å². The van der Waals surface area contributed by atoms with Crippen LogP contribution in [0.3, 0.4) is 0 Å². The molecule has 164 valence electrons. The number of rotatable bonds is 8. The van der Waals surface area contributed by atoms with E-state index in [1.165, 1.54) is 19.3 Å². The number of carbonyl (C=O) groups is 3. The molecule has 1 fully saturated rings. The van der Waals surface area contributed by atoms with Crippen LogP contribution in [-0.2, 0) is 9.59 Å². The fourth-order valence-electron chi connectivity index (χ4n) is 3.56. The molecule has 0 aromatic heterocycles. The van der Waals surface area contributed by atoms with E-state index in [1.807, 2.05) is 12.1 Å². The van der Waals surface area contributed by atoms with Gasteiger partial charge in [0.05, 0.1) is 6.54 Å². The Hall–Kier alpha value is -3.35. The number of carbonyl (C=O) groups excluding carboxylic acids is 3. The second-order valence-corrected chi connectivity index (χ2v) is 7.77. The van der Waals surface area contributed by atoms with Gasteiger partial charge in [0.1, 0.15) is 0 Å². The van der Waals surface area contributed by atoms with Crippen molar-refractivity contribution in [2.75, 3.05) is 22.5 Å². The molecule has 0 radical (unpaired) electrons. The molecule has 2 aromatic rings. The van der Waals surface area contributed by atoms with Crippen molar-refractivity contribution < 1.29 is 14.4 Å². The van der Waals surface area contributed by atoms with Crippen molar-refractivity contribution in [1.82, 2.24) is 5.32 Å². The van der Waals surface area contributed by atoms with Crippen molar-refractivity contribution in [2.24, 2.45) is 0 Å². The van der Waals surface area contributed by atoms with Crippen LogP contribution in [0.4, 0.5) is 17.1 Å². The maximum absolute atomic E-state index is 12.4. The molecule has 0 unspecified atom stereocenters. The molecule has 0 aliphatic heterocycles. The first-order valence-electron chi connectivity index (χ1n) is 10.9. The van der Waals surface area contributed by atoms with E-state index < -0.39 is 0 Å².